The summed E-state index contributed by atoms with van der Waals surface area (Å²) < 4.78 is 51.8. The summed E-state index contributed by atoms with van der Waals surface area (Å²) in [5, 5.41) is 3.82. The molecule has 1 amide bonds. The second kappa shape index (κ2) is 13.5. The number of hydrogen-bond donors (Lipinski definition) is 1. The van der Waals surface area contributed by atoms with E-state index in [0.29, 0.717) is 36.7 Å². The van der Waals surface area contributed by atoms with E-state index in [2.05, 4.69) is 25.3 Å². The summed E-state index contributed by atoms with van der Waals surface area (Å²) in [6.45, 7) is 7.81. The Morgan fingerprint density at radius 1 is 1.09 bits per heavy atom. The molecule has 0 radical (unpaired) electrons. The van der Waals surface area contributed by atoms with Crippen LogP contribution in [-0.4, -0.2) is 63.7 Å². The minimum absolute atomic E-state index is 0.0216. The van der Waals surface area contributed by atoms with E-state index in [4.69, 9.17) is 9.47 Å². The fourth-order valence-electron chi connectivity index (χ4n) is 5.79. The number of nitrogens with one attached hydrogen (secondary N) is 1. The standard InChI is InChI=1S/C31H31F3N6O3.C2H6/c1-19-17-40(15-16-43-19)29(41)30(12-4-13-30)20-6-8-21(9-7-20)36-27-22-10-11-24(37-28(22)39-25(38-27)18-42-2)26-23(31(32,33)34)5-3-14-35-26;1-2/h3,5-11,14,19H,4,12-13,15-18H2,1-2H3,(H,36,37,38,39);1-2H3/t19-;/m0./s1. The summed E-state index contributed by atoms with van der Waals surface area (Å²) >= 11 is 0. The van der Waals surface area contributed by atoms with Crippen LogP contribution in [0.2, 0.25) is 0 Å². The number of alkyl halides is 3. The average molecular weight is 623 g/mol. The zero-order valence-corrected chi connectivity index (χ0v) is 25.8. The number of halogens is 3. The third-order valence-electron chi connectivity index (χ3n) is 8.08. The molecule has 4 heterocycles. The van der Waals surface area contributed by atoms with Crippen LogP contribution in [0, 0.1) is 0 Å². The molecule has 4 aromatic rings. The maximum atomic E-state index is 13.7. The number of aromatic nitrogens is 4. The predicted molar refractivity (Wildman–Crippen MR) is 165 cm³/mol. The van der Waals surface area contributed by atoms with Crippen molar-refractivity contribution in [3.63, 3.8) is 0 Å². The molecule has 9 nitrogen and oxygen atoms in total. The Morgan fingerprint density at radius 2 is 1.84 bits per heavy atom. The zero-order valence-electron chi connectivity index (χ0n) is 25.8. The first-order valence-corrected chi connectivity index (χ1v) is 15.2. The molecule has 0 bridgehead atoms. The molecule has 1 atom stereocenters. The maximum Gasteiger partial charge on any atom is 0.418 e. The summed E-state index contributed by atoms with van der Waals surface area (Å²) in [6, 6.07) is 13.1. The second-order valence-electron chi connectivity index (χ2n) is 11.0. The Bertz CT molecular complexity index is 1640. The molecular formula is C33H37F3N6O3. The van der Waals surface area contributed by atoms with Crippen molar-refractivity contribution >= 4 is 28.4 Å². The van der Waals surface area contributed by atoms with Crippen LogP contribution >= 0.6 is 0 Å². The van der Waals surface area contributed by atoms with Crippen molar-refractivity contribution in [3.8, 4) is 11.4 Å². The minimum atomic E-state index is -4.59. The van der Waals surface area contributed by atoms with Crippen LogP contribution in [0.15, 0.2) is 54.7 Å². The van der Waals surface area contributed by atoms with Gasteiger partial charge in [0.15, 0.2) is 11.5 Å². The number of carbonyl (C=O) groups excluding carboxylic acids is 1. The van der Waals surface area contributed by atoms with Crippen molar-refractivity contribution < 1.29 is 27.4 Å². The van der Waals surface area contributed by atoms with Gasteiger partial charge in [0.25, 0.3) is 0 Å². The number of morpholine rings is 1. The molecule has 1 N–H and O–H groups in total. The van der Waals surface area contributed by atoms with E-state index in [-0.39, 0.29) is 35.7 Å². The van der Waals surface area contributed by atoms with Gasteiger partial charge in [-0.15, -0.1) is 0 Å². The molecule has 238 valence electrons. The van der Waals surface area contributed by atoms with Crippen molar-refractivity contribution in [1.82, 2.24) is 24.8 Å². The van der Waals surface area contributed by atoms with Crippen molar-refractivity contribution in [3.05, 3.63) is 71.7 Å². The van der Waals surface area contributed by atoms with Gasteiger partial charge in [-0.1, -0.05) is 32.4 Å². The lowest BCUT2D eigenvalue weighted by atomic mass is 9.63. The summed E-state index contributed by atoms with van der Waals surface area (Å²) in [7, 11) is 1.50. The number of pyridine rings is 2. The molecule has 1 aliphatic carbocycles. The smallest absolute Gasteiger partial charge is 0.377 e. The van der Waals surface area contributed by atoms with Crippen molar-refractivity contribution in [2.75, 3.05) is 32.1 Å². The number of rotatable bonds is 7. The van der Waals surface area contributed by atoms with Gasteiger partial charge in [0.1, 0.15) is 18.1 Å². The number of carbonyl (C=O) groups is 1. The molecule has 1 saturated carbocycles. The second-order valence-corrected chi connectivity index (χ2v) is 11.0. The zero-order chi connectivity index (χ0) is 32.2. The van der Waals surface area contributed by atoms with Crippen LogP contribution in [-0.2, 0) is 32.5 Å². The van der Waals surface area contributed by atoms with Gasteiger partial charge in [0.2, 0.25) is 5.91 Å². The molecule has 0 unspecified atom stereocenters. The third kappa shape index (κ3) is 6.62. The van der Waals surface area contributed by atoms with Crippen molar-refractivity contribution in [1.29, 1.82) is 0 Å². The Hall–Kier alpha value is -4.16. The van der Waals surface area contributed by atoms with Gasteiger partial charge >= 0.3 is 6.18 Å². The summed E-state index contributed by atoms with van der Waals surface area (Å²) in [5.41, 5.74) is 0.269. The number of methoxy groups -OCH3 is 1. The number of benzene rings is 1. The number of anilines is 2. The van der Waals surface area contributed by atoms with Gasteiger partial charge in [0.05, 0.1) is 34.8 Å². The monoisotopic (exact) mass is 622 g/mol. The van der Waals surface area contributed by atoms with Gasteiger partial charge in [0, 0.05) is 32.1 Å². The fourth-order valence-corrected chi connectivity index (χ4v) is 5.79. The molecule has 6 rings (SSSR count). The lowest BCUT2D eigenvalue weighted by molar-refractivity contribution is -0.148. The van der Waals surface area contributed by atoms with Gasteiger partial charge in [-0.3, -0.25) is 9.78 Å². The predicted octanol–water partition coefficient (Wildman–Crippen LogP) is 6.69. The highest BCUT2D eigenvalue weighted by atomic mass is 19.4. The Labute approximate surface area is 260 Å². The van der Waals surface area contributed by atoms with Gasteiger partial charge in [-0.05, 0) is 61.7 Å². The Balaban J connectivity index is 0.00000196. The maximum absolute atomic E-state index is 13.7. The molecule has 45 heavy (non-hydrogen) atoms. The number of hydrogen-bond acceptors (Lipinski definition) is 8. The van der Waals surface area contributed by atoms with Gasteiger partial charge in [-0.2, -0.15) is 13.2 Å². The largest absolute Gasteiger partial charge is 0.418 e. The van der Waals surface area contributed by atoms with E-state index in [1.807, 2.05) is 49.9 Å². The molecule has 12 heteroatoms. The normalized spacial score (nSPS) is 17.7. The summed E-state index contributed by atoms with van der Waals surface area (Å²) in [4.78, 5) is 33.0. The van der Waals surface area contributed by atoms with Crippen LogP contribution in [0.3, 0.4) is 0 Å². The first-order chi connectivity index (χ1) is 21.7. The van der Waals surface area contributed by atoms with Gasteiger partial charge < -0.3 is 19.7 Å². The molecule has 1 aromatic carbocycles. The third-order valence-corrected chi connectivity index (χ3v) is 8.08. The summed E-state index contributed by atoms with van der Waals surface area (Å²) in [6.07, 6.45) is -0.656. The molecule has 2 fully saturated rings. The number of fused-ring (bicyclic) bond motifs is 1. The molecule has 3 aromatic heterocycles. The highest BCUT2D eigenvalue weighted by Crippen LogP contribution is 2.46. The summed E-state index contributed by atoms with van der Waals surface area (Å²) in [5.74, 6) is 0.899. The van der Waals surface area contributed by atoms with Crippen LogP contribution in [0.4, 0.5) is 24.7 Å². The van der Waals surface area contributed by atoms with E-state index < -0.39 is 17.2 Å². The lowest BCUT2D eigenvalue weighted by Gasteiger charge is -2.45. The Morgan fingerprint density at radius 3 is 2.49 bits per heavy atom. The lowest BCUT2D eigenvalue weighted by Crippen LogP contribution is -2.55. The molecule has 0 spiro atoms. The van der Waals surface area contributed by atoms with E-state index in [1.165, 1.54) is 25.4 Å². The van der Waals surface area contributed by atoms with Gasteiger partial charge in [-0.25, -0.2) is 15.0 Å². The van der Waals surface area contributed by atoms with E-state index in [9.17, 15) is 18.0 Å². The quantitative estimate of drug-likeness (QED) is 0.243. The molecule has 2 aliphatic rings. The van der Waals surface area contributed by atoms with Crippen LogP contribution in [0.5, 0.6) is 0 Å². The average Bonchev–Trinajstić information content (AvgIpc) is 3.02. The Kier molecular flexibility index (Phi) is 9.64. The molecular weight excluding hydrogens is 585 g/mol. The number of ether oxygens (including phenoxy) is 2. The topological polar surface area (TPSA) is 102 Å². The van der Waals surface area contributed by atoms with Crippen molar-refractivity contribution in [2.45, 2.75) is 64.3 Å². The number of amides is 1. The minimum Gasteiger partial charge on any atom is -0.377 e. The van der Waals surface area contributed by atoms with E-state index in [0.717, 1.165) is 36.6 Å². The first-order valence-electron chi connectivity index (χ1n) is 15.2. The SMILES string of the molecule is CC.COCc1nc(Nc2ccc(C3(C(=O)N4CCO[C@@H](C)C4)CCC3)cc2)c2ccc(-c3ncccc3C(F)(F)F)nc2n1. The molecule has 1 aliphatic heterocycles. The highest BCUT2D eigenvalue weighted by Gasteiger charge is 2.48. The fraction of sp³-hybridized carbons (Fsp3) is 0.424. The van der Waals surface area contributed by atoms with E-state index >= 15 is 0 Å². The highest BCUT2D eigenvalue weighted by molar-refractivity contribution is 5.91. The van der Waals surface area contributed by atoms with Crippen LogP contribution < -0.4 is 5.32 Å². The number of nitrogens with zero attached hydrogens (tertiary/aromatic N) is 5. The van der Waals surface area contributed by atoms with Crippen molar-refractivity contribution in [2.24, 2.45) is 0 Å². The van der Waals surface area contributed by atoms with Crippen LogP contribution in [0.25, 0.3) is 22.4 Å². The van der Waals surface area contributed by atoms with Crippen LogP contribution in [0.1, 0.15) is 57.0 Å². The van der Waals surface area contributed by atoms with E-state index in [1.54, 1.807) is 6.07 Å². The first kappa shape index (κ1) is 32.2. The molecule has 1 saturated heterocycles.